The van der Waals surface area contributed by atoms with E-state index in [9.17, 15) is 27.5 Å². The molecule has 4 aromatic rings. The molecule has 0 radical (unpaired) electrons. The van der Waals surface area contributed by atoms with Crippen LogP contribution in [-0.4, -0.2) is 39.1 Å². The molecule has 0 aliphatic carbocycles. The summed E-state index contributed by atoms with van der Waals surface area (Å²) in [6.07, 6.45) is -1.32. The van der Waals surface area contributed by atoms with E-state index in [4.69, 9.17) is 0 Å². The zero-order chi connectivity index (χ0) is 31.4. The van der Waals surface area contributed by atoms with E-state index in [1.165, 1.54) is 27.7 Å². The van der Waals surface area contributed by atoms with Crippen LogP contribution in [0.2, 0.25) is 0 Å². The van der Waals surface area contributed by atoms with Gasteiger partial charge < -0.3 is 14.6 Å². The van der Waals surface area contributed by atoms with E-state index in [1.54, 1.807) is 59.1 Å². The molecule has 0 spiro atoms. The van der Waals surface area contributed by atoms with E-state index in [1.807, 2.05) is 6.07 Å². The second kappa shape index (κ2) is 10.9. The van der Waals surface area contributed by atoms with Gasteiger partial charge in [0.25, 0.3) is 5.56 Å². The van der Waals surface area contributed by atoms with E-state index < -0.39 is 29.8 Å². The molecule has 2 aromatic carbocycles. The predicted octanol–water partition coefficient (Wildman–Crippen LogP) is 5.82. The zero-order valence-corrected chi connectivity index (χ0v) is 24.4. The molecule has 0 saturated heterocycles. The fourth-order valence-electron chi connectivity index (χ4n) is 5.39. The third kappa shape index (κ3) is 5.50. The summed E-state index contributed by atoms with van der Waals surface area (Å²) in [5.41, 5.74) is 1.83. The number of aliphatic hydroxyl groups excluding tert-OH is 1. The van der Waals surface area contributed by atoms with E-state index in [0.717, 1.165) is 17.7 Å². The zero-order valence-electron chi connectivity index (χ0n) is 24.4. The summed E-state index contributed by atoms with van der Waals surface area (Å²) in [4.78, 5) is 23.6. The summed E-state index contributed by atoms with van der Waals surface area (Å²) in [7, 11) is 3.11. The molecule has 2 atom stereocenters. The Hall–Kier alpha value is -4.58. The minimum atomic E-state index is -4.77. The highest BCUT2D eigenvalue weighted by Crippen LogP contribution is 2.40. The first kappa shape index (κ1) is 29.9. The molecule has 0 saturated carbocycles. The van der Waals surface area contributed by atoms with Crippen molar-refractivity contribution in [3.05, 3.63) is 98.7 Å². The van der Waals surface area contributed by atoms with Gasteiger partial charge in [-0.3, -0.25) is 4.79 Å². The first-order valence-corrected chi connectivity index (χ1v) is 13.4. The Morgan fingerprint density at radius 3 is 2.44 bits per heavy atom. The number of alkyl halides is 3. The Balaban J connectivity index is 1.60. The predicted molar refractivity (Wildman–Crippen MR) is 159 cm³/mol. The maximum atomic E-state index is 13.8. The standard InChI is InChI=1S/C31H30F4N6O2/c1-16-9-22(18(3)39(5)26-8-7-21(32)12-25(26)31(33,34)35)23-13-27(40(6)30(43)24(23)10-16)20-11-29(42)41(37-14-20)28-15-36-19(4)38-17(28)2/h7-15,18,29,42H,1-6H3/t18-,29?/m1/s1. The molecule has 0 amide bonds. The average molecular weight is 595 g/mol. The fourth-order valence-corrected chi connectivity index (χ4v) is 5.39. The Labute approximate surface area is 245 Å². The number of aliphatic hydroxyl groups is 1. The summed E-state index contributed by atoms with van der Waals surface area (Å²) < 4.78 is 56.8. The lowest BCUT2D eigenvalue weighted by atomic mass is 9.95. The molecule has 8 nitrogen and oxygen atoms in total. The number of anilines is 2. The number of hydrazone groups is 1. The van der Waals surface area contributed by atoms with Crippen LogP contribution in [0.1, 0.15) is 46.9 Å². The highest BCUT2D eigenvalue weighted by molar-refractivity contribution is 6.11. The number of benzene rings is 2. The van der Waals surface area contributed by atoms with Crippen LogP contribution in [0.3, 0.4) is 0 Å². The average Bonchev–Trinajstić information content (AvgIpc) is 2.94. The number of pyridine rings is 1. The van der Waals surface area contributed by atoms with Crippen molar-refractivity contribution in [2.45, 2.75) is 46.1 Å². The normalized spacial score (nSPS) is 16.0. The minimum absolute atomic E-state index is 0.194. The Morgan fingerprint density at radius 1 is 1.07 bits per heavy atom. The van der Waals surface area contributed by atoms with Gasteiger partial charge in [0.1, 0.15) is 17.3 Å². The van der Waals surface area contributed by atoms with Crippen molar-refractivity contribution in [1.29, 1.82) is 0 Å². The van der Waals surface area contributed by atoms with Gasteiger partial charge in [-0.15, -0.1) is 0 Å². The molecule has 5 rings (SSSR count). The number of aromatic nitrogens is 3. The number of nitrogens with zero attached hydrogens (tertiary/aromatic N) is 6. The van der Waals surface area contributed by atoms with Crippen LogP contribution in [-0.2, 0) is 13.2 Å². The van der Waals surface area contributed by atoms with Crippen molar-refractivity contribution in [1.82, 2.24) is 14.5 Å². The van der Waals surface area contributed by atoms with Gasteiger partial charge in [-0.1, -0.05) is 6.07 Å². The molecular weight excluding hydrogens is 564 g/mol. The van der Waals surface area contributed by atoms with Crippen LogP contribution in [0.15, 0.2) is 58.6 Å². The number of fused-ring (bicyclic) bond motifs is 1. The molecule has 224 valence electrons. The van der Waals surface area contributed by atoms with E-state index in [2.05, 4.69) is 15.1 Å². The molecule has 2 aromatic heterocycles. The number of aryl methyl sites for hydroxylation is 3. The first-order chi connectivity index (χ1) is 20.2. The number of hydrogen-bond acceptors (Lipinski definition) is 7. The summed E-state index contributed by atoms with van der Waals surface area (Å²) in [6, 6.07) is 7.26. The highest BCUT2D eigenvalue weighted by Gasteiger charge is 2.36. The monoisotopic (exact) mass is 594 g/mol. The fraction of sp³-hybridized carbons (Fsp3) is 0.290. The quantitative estimate of drug-likeness (QED) is 0.293. The van der Waals surface area contributed by atoms with Gasteiger partial charge in [0.15, 0.2) is 6.23 Å². The van der Waals surface area contributed by atoms with E-state index in [-0.39, 0.29) is 11.2 Å². The van der Waals surface area contributed by atoms with E-state index in [0.29, 0.717) is 50.9 Å². The molecule has 0 fully saturated rings. The molecule has 1 aliphatic heterocycles. The third-order valence-electron chi connectivity index (χ3n) is 7.73. The van der Waals surface area contributed by atoms with Gasteiger partial charge in [0.05, 0.1) is 35.4 Å². The maximum absolute atomic E-state index is 13.8. The van der Waals surface area contributed by atoms with Crippen LogP contribution in [0.25, 0.3) is 16.3 Å². The second-order valence-electron chi connectivity index (χ2n) is 10.7. The van der Waals surface area contributed by atoms with Crippen LogP contribution < -0.4 is 15.5 Å². The van der Waals surface area contributed by atoms with Gasteiger partial charge in [-0.25, -0.2) is 19.4 Å². The van der Waals surface area contributed by atoms with Gasteiger partial charge in [0, 0.05) is 30.7 Å². The number of allylic oxidation sites excluding steroid dienone is 1. The second-order valence-corrected chi connectivity index (χ2v) is 10.7. The number of rotatable bonds is 5. The summed E-state index contributed by atoms with van der Waals surface area (Å²) >= 11 is 0. The number of halogens is 4. The van der Waals surface area contributed by atoms with Crippen molar-refractivity contribution in [2.24, 2.45) is 12.1 Å². The summed E-state index contributed by atoms with van der Waals surface area (Å²) in [5, 5.41) is 17.7. The largest absolute Gasteiger partial charge is 0.418 e. The Morgan fingerprint density at radius 2 is 1.79 bits per heavy atom. The third-order valence-corrected chi connectivity index (χ3v) is 7.73. The van der Waals surface area contributed by atoms with Gasteiger partial charge in [0.2, 0.25) is 0 Å². The minimum Gasteiger partial charge on any atom is -0.368 e. The topological polar surface area (TPSA) is 86.8 Å². The molecule has 43 heavy (non-hydrogen) atoms. The van der Waals surface area contributed by atoms with Crippen LogP contribution in [0, 0.1) is 26.6 Å². The molecule has 12 heteroatoms. The lowest BCUT2D eigenvalue weighted by Gasteiger charge is -2.31. The van der Waals surface area contributed by atoms with E-state index >= 15 is 0 Å². The van der Waals surface area contributed by atoms with Crippen LogP contribution >= 0.6 is 0 Å². The Bertz CT molecular complexity index is 1860. The van der Waals surface area contributed by atoms with Crippen molar-refractivity contribution < 1.29 is 22.7 Å². The van der Waals surface area contributed by atoms with Gasteiger partial charge in [-0.05, 0) is 80.6 Å². The summed E-state index contributed by atoms with van der Waals surface area (Å²) in [5.74, 6) is -0.404. The van der Waals surface area contributed by atoms with Gasteiger partial charge in [-0.2, -0.15) is 18.3 Å². The van der Waals surface area contributed by atoms with Gasteiger partial charge >= 0.3 is 6.18 Å². The molecule has 3 heterocycles. The molecule has 0 bridgehead atoms. The van der Waals surface area contributed by atoms with Crippen molar-refractivity contribution in [3.8, 4) is 0 Å². The SMILES string of the molecule is Cc1cc([C@@H](C)N(C)c2ccc(F)cc2C(F)(F)F)c2cc(C3=CC(O)N(c4cnc(C)nc4C)N=C3)n(C)c(=O)c2c1. The maximum Gasteiger partial charge on any atom is 0.418 e. The van der Waals surface area contributed by atoms with Crippen molar-refractivity contribution in [3.63, 3.8) is 0 Å². The lowest BCUT2D eigenvalue weighted by molar-refractivity contribution is -0.137. The van der Waals surface area contributed by atoms with Crippen LogP contribution in [0.5, 0.6) is 0 Å². The molecule has 1 N–H and O–H groups in total. The number of hydrogen-bond donors (Lipinski definition) is 1. The smallest absolute Gasteiger partial charge is 0.368 e. The first-order valence-electron chi connectivity index (χ1n) is 13.4. The Kier molecular flexibility index (Phi) is 7.59. The highest BCUT2D eigenvalue weighted by atomic mass is 19.4. The van der Waals surface area contributed by atoms with Crippen molar-refractivity contribution in [2.75, 3.05) is 17.0 Å². The molecule has 1 aliphatic rings. The lowest BCUT2D eigenvalue weighted by Crippen LogP contribution is -2.33. The van der Waals surface area contributed by atoms with Crippen molar-refractivity contribution >= 4 is 33.9 Å². The van der Waals surface area contributed by atoms with Crippen LogP contribution in [0.4, 0.5) is 28.9 Å². The molecule has 1 unspecified atom stereocenters. The summed E-state index contributed by atoms with van der Waals surface area (Å²) in [6.45, 7) is 7.07. The molecular formula is C31H30F4N6O2.